The average Bonchev–Trinajstić information content (AvgIpc) is 3.13. The molecular weight excluding hydrogens is 240 g/mol. The van der Waals surface area contributed by atoms with Crippen LogP contribution in [0, 0.1) is 5.92 Å². The first-order valence-electron chi connectivity index (χ1n) is 7.59. The normalized spacial score (nSPS) is 35.2. The second-order valence-electron chi connectivity index (χ2n) is 6.94. The van der Waals surface area contributed by atoms with Crippen molar-refractivity contribution >= 4 is 11.8 Å². The molecule has 0 aromatic carbocycles. The molecule has 2 saturated carbocycles. The number of nitrogens with zero attached hydrogens (tertiary/aromatic N) is 1. The molecule has 3 aliphatic rings. The number of hydrogen-bond acceptors (Lipinski definition) is 2. The minimum Gasteiger partial charge on any atom is -0.342 e. The molecule has 0 aromatic rings. The first kappa shape index (κ1) is 12.9. The molecule has 1 atom stereocenters. The van der Waals surface area contributed by atoms with E-state index in [4.69, 9.17) is 0 Å². The number of rotatable bonds is 2. The van der Waals surface area contributed by atoms with Crippen LogP contribution in [-0.4, -0.2) is 34.3 Å². The summed E-state index contributed by atoms with van der Waals surface area (Å²) in [6, 6.07) is 0. The molecular formula is C15H24N2O2. The molecule has 0 radical (unpaired) electrons. The number of amides is 2. The van der Waals surface area contributed by atoms with E-state index in [9.17, 15) is 9.59 Å². The van der Waals surface area contributed by atoms with E-state index in [1.54, 1.807) is 0 Å². The van der Waals surface area contributed by atoms with Crippen LogP contribution in [0.3, 0.4) is 0 Å². The summed E-state index contributed by atoms with van der Waals surface area (Å²) in [5.41, 5.74) is -0.682. The van der Waals surface area contributed by atoms with Gasteiger partial charge in [0.15, 0.2) is 0 Å². The minimum atomic E-state index is -0.654. The molecule has 1 heterocycles. The molecule has 3 rings (SSSR count). The summed E-state index contributed by atoms with van der Waals surface area (Å²) >= 11 is 0. The van der Waals surface area contributed by atoms with Crippen molar-refractivity contribution in [3.63, 3.8) is 0 Å². The summed E-state index contributed by atoms with van der Waals surface area (Å²) in [5.74, 6) is 0.534. The molecule has 1 unspecified atom stereocenters. The highest BCUT2D eigenvalue weighted by molar-refractivity contribution is 5.94. The van der Waals surface area contributed by atoms with Crippen molar-refractivity contribution in [2.24, 2.45) is 5.92 Å². The highest BCUT2D eigenvalue weighted by Crippen LogP contribution is 2.44. The van der Waals surface area contributed by atoms with Crippen LogP contribution in [0.2, 0.25) is 0 Å². The molecule has 0 bridgehead atoms. The Balaban J connectivity index is 1.91. The zero-order chi connectivity index (χ0) is 13.7. The summed E-state index contributed by atoms with van der Waals surface area (Å²) in [6.45, 7) is 4.71. The summed E-state index contributed by atoms with van der Waals surface area (Å²) in [5, 5.41) is 3.01. The van der Waals surface area contributed by atoms with Gasteiger partial charge in [0, 0.05) is 18.5 Å². The lowest BCUT2D eigenvalue weighted by atomic mass is 9.90. The van der Waals surface area contributed by atoms with Gasteiger partial charge in [0.2, 0.25) is 11.8 Å². The highest BCUT2D eigenvalue weighted by Gasteiger charge is 2.54. The first-order valence-corrected chi connectivity index (χ1v) is 7.59. The fraction of sp³-hybridized carbons (Fsp3) is 0.867. The Morgan fingerprint density at radius 1 is 1.16 bits per heavy atom. The smallest absolute Gasteiger partial charge is 0.248 e. The van der Waals surface area contributed by atoms with Crippen molar-refractivity contribution in [2.45, 2.75) is 69.9 Å². The fourth-order valence-corrected chi connectivity index (χ4v) is 3.86. The maximum absolute atomic E-state index is 13.0. The van der Waals surface area contributed by atoms with Gasteiger partial charge in [-0.3, -0.25) is 9.59 Å². The van der Waals surface area contributed by atoms with Gasteiger partial charge in [0.1, 0.15) is 5.54 Å². The lowest BCUT2D eigenvalue weighted by Crippen LogP contribution is -2.60. The molecule has 106 valence electrons. The molecule has 2 aliphatic carbocycles. The van der Waals surface area contributed by atoms with Gasteiger partial charge in [-0.1, -0.05) is 12.8 Å². The highest BCUT2D eigenvalue weighted by atomic mass is 16.2. The second-order valence-corrected chi connectivity index (χ2v) is 6.94. The Kier molecular flexibility index (Phi) is 2.88. The van der Waals surface area contributed by atoms with Crippen LogP contribution in [0.15, 0.2) is 0 Å². The van der Waals surface area contributed by atoms with E-state index in [-0.39, 0.29) is 17.4 Å². The van der Waals surface area contributed by atoms with Crippen LogP contribution in [0.25, 0.3) is 0 Å². The molecule has 3 fully saturated rings. The Morgan fingerprint density at radius 3 is 2.37 bits per heavy atom. The quantitative estimate of drug-likeness (QED) is 0.827. The summed E-state index contributed by atoms with van der Waals surface area (Å²) in [6.07, 6.45) is 7.12. The predicted octanol–water partition coefficient (Wildman–Crippen LogP) is 1.84. The zero-order valence-electron chi connectivity index (χ0n) is 12.0. The maximum Gasteiger partial charge on any atom is 0.248 e. The Bertz CT molecular complexity index is 410. The van der Waals surface area contributed by atoms with Crippen molar-refractivity contribution in [1.29, 1.82) is 0 Å². The largest absolute Gasteiger partial charge is 0.342 e. The van der Waals surface area contributed by atoms with Crippen molar-refractivity contribution in [1.82, 2.24) is 10.2 Å². The van der Waals surface area contributed by atoms with Gasteiger partial charge in [-0.2, -0.15) is 0 Å². The van der Waals surface area contributed by atoms with Gasteiger partial charge in [-0.25, -0.2) is 0 Å². The zero-order valence-corrected chi connectivity index (χ0v) is 12.0. The number of carbonyl (C=O) groups excluding carboxylic acids is 2. The van der Waals surface area contributed by atoms with Gasteiger partial charge in [-0.05, 0) is 45.4 Å². The molecule has 0 aromatic heterocycles. The molecule has 1 N–H and O–H groups in total. The summed E-state index contributed by atoms with van der Waals surface area (Å²) in [7, 11) is 0. The number of hydrogen-bond donors (Lipinski definition) is 1. The van der Waals surface area contributed by atoms with Crippen molar-refractivity contribution < 1.29 is 9.59 Å². The molecule has 0 spiro atoms. The molecule has 1 saturated heterocycles. The topological polar surface area (TPSA) is 49.4 Å². The third kappa shape index (κ3) is 2.05. The van der Waals surface area contributed by atoms with E-state index >= 15 is 0 Å². The Morgan fingerprint density at radius 2 is 1.79 bits per heavy atom. The van der Waals surface area contributed by atoms with Crippen LogP contribution < -0.4 is 5.32 Å². The van der Waals surface area contributed by atoms with E-state index in [2.05, 4.69) is 12.2 Å². The van der Waals surface area contributed by atoms with Crippen LogP contribution >= 0.6 is 0 Å². The summed E-state index contributed by atoms with van der Waals surface area (Å²) < 4.78 is 0. The van der Waals surface area contributed by atoms with Gasteiger partial charge in [0.25, 0.3) is 0 Å². The molecule has 2 amide bonds. The van der Waals surface area contributed by atoms with E-state index in [1.807, 2.05) is 11.8 Å². The summed E-state index contributed by atoms with van der Waals surface area (Å²) in [4.78, 5) is 27.0. The average molecular weight is 264 g/mol. The van der Waals surface area contributed by atoms with Gasteiger partial charge < -0.3 is 10.2 Å². The number of nitrogens with one attached hydrogen (secondary N) is 1. The predicted molar refractivity (Wildman–Crippen MR) is 72.5 cm³/mol. The van der Waals surface area contributed by atoms with Gasteiger partial charge in [0.05, 0.1) is 0 Å². The van der Waals surface area contributed by atoms with E-state index in [0.29, 0.717) is 18.9 Å². The van der Waals surface area contributed by atoms with Crippen LogP contribution in [0.5, 0.6) is 0 Å². The molecule has 19 heavy (non-hydrogen) atoms. The van der Waals surface area contributed by atoms with E-state index in [0.717, 1.165) is 25.7 Å². The lowest BCUT2D eigenvalue weighted by Gasteiger charge is -2.42. The van der Waals surface area contributed by atoms with Crippen LogP contribution in [0.1, 0.15) is 58.8 Å². The van der Waals surface area contributed by atoms with Crippen LogP contribution in [-0.2, 0) is 9.59 Å². The standard InChI is InChI=1S/C15H24N2O2/c1-14(8-3-4-9-14)17-10-7-12(18)16-15(2,13(17)19)11-5-6-11/h11H,3-10H2,1-2H3,(H,16,18). The van der Waals surface area contributed by atoms with Crippen molar-refractivity contribution in [3.8, 4) is 0 Å². The lowest BCUT2D eigenvalue weighted by molar-refractivity contribution is -0.144. The first-order chi connectivity index (χ1) is 8.96. The minimum absolute atomic E-state index is 0.0282. The van der Waals surface area contributed by atoms with E-state index in [1.165, 1.54) is 12.8 Å². The third-order valence-corrected chi connectivity index (χ3v) is 5.38. The second kappa shape index (κ2) is 4.22. The monoisotopic (exact) mass is 264 g/mol. The number of carbonyl (C=O) groups is 2. The molecule has 4 nitrogen and oxygen atoms in total. The molecule has 1 aliphatic heterocycles. The van der Waals surface area contributed by atoms with Crippen molar-refractivity contribution in [3.05, 3.63) is 0 Å². The Labute approximate surface area is 114 Å². The van der Waals surface area contributed by atoms with Gasteiger partial charge >= 0.3 is 0 Å². The van der Waals surface area contributed by atoms with Crippen molar-refractivity contribution in [2.75, 3.05) is 6.54 Å². The SMILES string of the molecule is CC1(C2CC2)NC(=O)CCN(C2(C)CCCC2)C1=O. The van der Waals surface area contributed by atoms with Gasteiger partial charge in [-0.15, -0.1) is 0 Å². The fourth-order valence-electron chi connectivity index (χ4n) is 3.86. The van der Waals surface area contributed by atoms with Crippen LogP contribution in [0.4, 0.5) is 0 Å². The third-order valence-electron chi connectivity index (χ3n) is 5.38. The Hall–Kier alpha value is -1.06. The van der Waals surface area contributed by atoms with E-state index < -0.39 is 5.54 Å². The molecule has 4 heteroatoms. The maximum atomic E-state index is 13.0.